The Hall–Kier alpha value is -1.99. The van der Waals surface area contributed by atoms with E-state index in [1.807, 2.05) is 19.1 Å². The van der Waals surface area contributed by atoms with Crippen LogP contribution in [0.25, 0.3) is 10.2 Å². The molecule has 7 heteroatoms. The quantitative estimate of drug-likeness (QED) is 0.856. The van der Waals surface area contributed by atoms with Crippen LogP contribution in [0.1, 0.15) is 37.7 Å². The number of hydrogen-bond donors (Lipinski definition) is 1. The first-order valence-electron chi connectivity index (χ1n) is 9.48. The molecule has 1 aliphatic carbocycles. The van der Waals surface area contributed by atoms with Gasteiger partial charge in [0, 0.05) is 20.1 Å². The molecule has 6 nitrogen and oxygen atoms in total. The number of nitrogens with zero attached hydrogens (tertiary/aromatic N) is 2. The minimum Gasteiger partial charge on any atom is -0.382 e. The number of aryl methyl sites for hydroxylation is 1. The van der Waals surface area contributed by atoms with Crippen molar-refractivity contribution in [2.24, 2.45) is 5.92 Å². The summed E-state index contributed by atoms with van der Waals surface area (Å²) in [6, 6.07) is 6.07. The smallest absolute Gasteiger partial charge is 0.229 e. The van der Waals surface area contributed by atoms with E-state index < -0.39 is 0 Å². The van der Waals surface area contributed by atoms with Crippen molar-refractivity contribution in [3.63, 3.8) is 0 Å². The van der Waals surface area contributed by atoms with Gasteiger partial charge < -0.3 is 10.1 Å². The molecule has 1 atom stereocenters. The number of ether oxygens (including phenoxy) is 1. The number of fused-ring (bicyclic) bond motifs is 1. The highest BCUT2D eigenvalue weighted by Gasteiger charge is 2.41. The highest BCUT2D eigenvalue weighted by atomic mass is 32.1. The van der Waals surface area contributed by atoms with Crippen LogP contribution >= 0.6 is 11.3 Å². The summed E-state index contributed by atoms with van der Waals surface area (Å²) in [4.78, 5) is 31.7. The van der Waals surface area contributed by atoms with Crippen LogP contribution in [-0.2, 0) is 14.3 Å². The topological polar surface area (TPSA) is 71.5 Å². The molecule has 0 radical (unpaired) electrons. The summed E-state index contributed by atoms with van der Waals surface area (Å²) in [5.74, 6) is -0.402. The maximum Gasteiger partial charge on any atom is 0.229 e. The first-order valence-corrected chi connectivity index (χ1v) is 10.3. The van der Waals surface area contributed by atoms with Gasteiger partial charge in [-0.2, -0.15) is 0 Å². The number of amides is 2. The Kier molecular flexibility index (Phi) is 4.90. The summed E-state index contributed by atoms with van der Waals surface area (Å²) in [7, 11) is 1.67. The van der Waals surface area contributed by atoms with Crippen LogP contribution in [0.4, 0.5) is 5.13 Å². The lowest BCUT2D eigenvalue weighted by Gasteiger charge is -2.30. The standard InChI is InChI=1S/C20H25N3O3S/c1-13-5-6-15-16(9-13)27-19(21-15)23-11-14(10-17(23)24)18(25)22-20(12-26-2)7-3-4-8-20/h5-6,9,14H,3-4,7-8,10-12H2,1-2H3,(H,22,25). The number of carbonyl (C=O) groups excluding carboxylic acids is 2. The van der Waals surface area contributed by atoms with E-state index in [2.05, 4.69) is 16.4 Å². The Labute approximate surface area is 162 Å². The van der Waals surface area contributed by atoms with Crippen molar-refractivity contribution in [3.05, 3.63) is 23.8 Å². The Morgan fingerprint density at radius 2 is 2.19 bits per heavy atom. The fourth-order valence-corrected chi connectivity index (χ4v) is 5.29. The van der Waals surface area contributed by atoms with E-state index in [9.17, 15) is 9.59 Å². The number of aromatic nitrogens is 1. The molecule has 0 bridgehead atoms. The lowest BCUT2D eigenvalue weighted by atomic mass is 9.96. The van der Waals surface area contributed by atoms with Crippen LogP contribution < -0.4 is 10.2 Å². The van der Waals surface area contributed by atoms with Gasteiger partial charge >= 0.3 is 0 Å². The van der Waals surface area contributed by atoms with Crippen LogP contribution in [0.5, 0.6) is 0 Å². The molecule has 4 rings (SSSR count). The van der Waals surface area contributed by atoms with Crippen molar-refractivity contribution in [1.29, 1.82) is 0 Å². The normalized spacial score (nSPS) is 21.9. The van der Waals surface area contributed by atoms with E-state index in [0.717, 1.165) is 35.9 Å². The summed E-state index contributed by atoms with van der Waals surface area (Å²) in [5.41, 5.74) is 1.80. The molecule has 1 saturated carbocycles. The van der Waals surface area contributed by atoms with Gasteiger partial charge in [-0.25, -0.2) is 4.98 Å². The SMILES string of the molecule is COCC1(NC(=O)C2CC(=O)N(c3nc4ccc(C)cc4s3)C2)CCCC1. The summed E-state index contributed by atoms with van der Waals surface area (Å²) < 4.78 is 6.41. The van der Waals surface area contributed by atoms with E-state index in [1.165, 1.54) is 16.9 Å². The number of hydrogen-bond acceptors (Lipinski definition) is 5. The van der Waals surface area contributed by atoms with Crippen molar-refractivity contribution < 1.29 is 14.3 Å². The zero-order valence-corrected chi connectivity index (χ0v) is 16.6. The Morgan fingerprint density at radius 1 is 1.41 bits per heavy atom. The number of methoxy groups -OCH3 is 1. The van der Waals surface area contributed by atoms with Crippen LogP contribution in [-0.4, -0.2) is 42.6 Å². The molecule has 1 aromatic heterocycles. The van der Waals surface area contributed by atoms with Crippen molar-refractivity contribution >= 4 is 38.5 Å². The third-order valence-electron chi connectivity index (χ3n) is 5.63. The molecular weight excluding hydrogens is 362 g/mol. The number of rotatable bonds is 5. The molecule has 2 fully saturated rings. The van der Waals surface area contributed by atoms with E-state index in [1.54, 1.807) is 12.0 Å². The number of thiazole rings is 1. The highest BCUT2D eigenvalue weighted by molar-refractivity contribution is 7.22. The zero-order chi connectivity index (χ0) is 19.0. The summed E-state index contributed by atoms with van der Waals surface area (Å²) >= 11 is 1.51. The minimum atomic E-state index is -0.333. The van der Waals surface area contributed by atoms with Gasteiger partial charge in [0.15, 0.2) is 5.13 Å². The molecule has 144 valence electrons. The number of carbonyl (C=O) groups is 2. The Morgan fingerprint density at radius 3 is 2.93 bits per heavy atom. The molecule has 1 saturated heterocycles. The molecular formula is C20H25N3O3S. The molecule has 1 unspecified atom stereocenters. The van der Waals surface area contributed by atoms with Gasteiger partial charge in [-0.3, -0.25) is 14.5 Å². The first-order chi connectivity index (χ1) is 13.0. The molecule has 1 aromatic carbocycles. The maximum absolute atomic E-state index is 12.9. The second kappa shape index (κ2) is 7.20. The average Bonchev–Trinajstić information content (AvgIpc) is 3.33. The van der Waals surface area contributed by atoms with Gasteiger partial charge in [0.2, 0.25) is 11.8 Å². The van der Waals surface area contributed by atoms with E-state index in [4.69, 9.17) is 4.74 Å². The van der Waals surface area contributed by atoms with E-state index in [0.29, 0.717) is 18.3 Å². The lowest BCUT2D eigenvalue weighted by molar-refractivity contribution is -0.128. The number of nitrogens with one attached hydrogen (secondary N) is 1. The van der Waals surface area contributed by atoms with Crippen LogP contribution in [0.3, 0.4) is 0 Å². The van der Waals surface area contributed by atoms with Gasteiger partial charge in [-0.05, 0) is 37.5 Å². The zero-order valence-electron chi connectivity index (χ0n) is 15.8. The third-order valence-corrected chi connectivity index (χ3v) is 6.67. The monoisotopic (exact) mass is 387 g/mol. The summed E-state index contributed by atoms with van der Waals surface area (Å²) in [6.07, 6.45) is 4.32. The van der Waals surface area contributed by atoms with Gasteiger partial charge in [0.1, 0.15) is 0 Å². The lowest BCUT2D eigenvalue weighted by Crippen LogP contribution is -2.51. The fraction of sp³-hybridized carbons (Fsp3) is 0.550. The molecule has 2 amide bonds. The van der Waals surface area contributed by atoms with Crippen molar-refractivity contribution in [2.75, 3.05) is 25.2 Å². The summed E-state index contributed by atoms with van der Waals surface area (Å²) in [6.45, 7) is 2.96. The van der Waals surface area contributed by atoms with Crippen molar-refractivity contribution in [2.45, 2.75) is 44.6 Å². The fourth-order valence-electron chi connectivity index (χ4n) is 4.20. The Balaban J connectivity index is 1.48. The van der Waals surface area contributed by atoms with Crippen LogP contribution in [0, 0.1) is 12.8 Å². The first kappa shape index (κ1) is 18.4. The molecule has 27 heavy (non-hydrogen) atoms. The summed E-state index contributed by atoms with van der Waals surface area (Å²) in [5, 5.41) is 3.89. The van der Waals surface area contributed by atoms with Crippen LogP contribution in [0.2, 0.25) is 0 Å². The van der Waals surface area contributed by atoms with Gasteiger partial charge in [-0.15, -0.1) is 0 Å². The minimum absolute atomic E-state index is 0.0295. The predicted molar refractivity (Wildman–Crippen MR) is 106 cm³/mol. The van der Waals surface area contributed by atoms with E-state index >= 15 is 0 Å². The highest BCUT2D eigenvalue weighted by Crippen LogP contribution is 2.34. The third kappa shape index (κ3) is 3.58. The molecule has 0 spiro atoms. The number of benzene rings is 1. The predicted octanol–water partition coefficient (Wildman–Crippen LogP) is 3.03. The largest absolute Gasteiger partial charge is 0.382 e. The van der Waals surface area contributed by atoms with Gasteiger partial charge in [-0.1, -0.05) is 30.2 Å². The van der Waals surface area contributed by atoms with E-state index in [-0.39, 0.29) is 29.7 Å². The second-order valence-electron chi connectivity index (χ2n) is 7.78. The van der Waals surface area contributed by atoms with Gasteiger partial charge in [0.05, 0.1) is 28.3 Å². The average molecular weight is 388 g/mol. The Bertz CT molecular complexity index is 872. The number of anilines is 1. The maximum atomic E-state index is 12.9. The molecule has 1 aliphatic heterocycles. The van der Waals surface area contributed by atoms with Crippen LogP contribution in [0.15, 0.2) is 18.2 Å². The molecule has 2 heterocycles. The molecule has 2 aliphatic rings. The van der Waals surface area contributed by atoms with Gasteiger partial charge in [0.25, 0.3) is 0 Å². The molecule has 2 aromatic rings. The van der Waals surface area contributed by atoms with Crippen molar-refractivity contribution in [1.82, 2.24) is 10.3 Å². The van der Waals surface area contributed by atoms with Crippen molar-refractivity contribution in [3.8, 4) is 0 Å². The molecule has 1 N–H and O–H groups in total. The second-order valence-corrected chi connectivity index (χ2v) is 8.79.